The zero-order valence-corrected chi connectivity index (χ0v) is 18.8. The van der Waals surface area contributed by atoms with Crippen LogP contribution < -0.4 is 9.47 Å². The van der Waals surface area contributed by atoms with Crippen LogP contribution in [0, 0.1) is 5.82 Å². The Morgan fingerprint density at radius 2 is 2.03 bits per heavy atom. The number of hydrogen-bond donors (Lipinski definition) is 0. The summed E-state index contributed by atoms with van der Waals surface area (Å²) in [5.74, 6) is -5.83. The second-order valence-electron chi connectivity index (χ2n) is 8.29. The van der Waals surface area contributed by atoms with Crippen molar-refractivity contribution in [3.8, 4) is 11.5 Å². The van der Waals surface area contributed by atoms with Crippen LogP contribution >= 0.6 is 0 Å². The van der Waals surface area contributed by atoms with Crippen LogP contribution in [0.1, 0.15) is 32.0 Å². The van der Waals surface area contributed by atoms with Crippen LogP contribution in [-0.4, -0.2) is 62.3 Å². The van der Waals surface area contributed by atoms with E-state index in [9.17, 15) is 26.7 Å². The first kappa shape index (κ1) is 22.5. The third kappa shape index (κ3) is 4.66. The van der Waals surface area contributed by atoms with Crippen molar-refractivity contribution in [3.05, 3.63) is 59.4 Å². The molecule has 0 radical (unpaired) electrons. The largest absolute Gasteiger partial charge is 0.493 e. The number of ether oxygens (including phenoxy) is 4. The van der Waals surface area contributed by atoms with Gasteiger partial charge in [0.25, 0.3) is 5.91 Å². The Balaban J connectivity index is 1.54. The van der Waals surface area contributed by atoms with E-state index in [4.69, 9.17) is 21.7 Å². The van der Waals surface area contributed by atoms with Crippen molar-refractivity contribution in [2.75, 3.05) is 26.9 Å². The number of rotatable bonds is 7. The summed E-state index contributed by atoms with van der Waals surface area (Å²) >= 11 is 0. The molecule has 2 aliphatic heterocycles. The van der Waals surface area contributed by atoms with Crippen LogP contribution in [0.15, 0.2) is 42.5 Å². The predicted octanol–water partition coefficient (Wildman–Crippen LogP) is 4.62. The van der Waals surface area contributed by atoms with Gasteiger partial charge in [0.05, 0.1) is 16.4 Å². The molecule has 4 rings (SSSR count). The van der Waals surface area contributed by atoms with E-state index in [1.165, 1.54) is 48.4 Å². The van der Waals surface area contributed by atoms with E-state index in [0.717, 1.165) is 6.92 Å². The minimum atomic E-state index is -4.41. The summed E-state index contributed by atoms with van der Waals surface area (Å²) < 4.78 is 103. The molecule has 6 nitrogen and oxygen atoms in total. The van der Waals surface area contributed by atoms with Crippen LogP contribution in [0.4, 0.5) is 22.0 Å². The molecule has 2 heterocycles. The van der Waals surface area contributed by atoms with E-state index in [1.807, 2.05) is 0 Å². The maximum Gasteiger partial charge on any atom is 0.342 e. The van der Waals surface area contributed by atoms with Gasteiger partial charge in [0.2, 0.25) is 0 Å². The zero-order chi connectivity index (χ0) is 27.2. The number of hydrogen-bond acceptors (Lipinski definition) is 5. The molecule has 0 aliphatic carbocycles. The SMILES string of the molecule is [2H]C1([2H])OC2CN(C(=O)c3ccc(OC(C)C(F)(F)C(F)F)c(OC)c3)CC[C@]2(c2cccc(F)c2)O1. The van der Waals surface area contributed by atoms with Crippen molar-refractivity contribution in [2.45, 2.75) is 43.5 Å². The third-order valence-corrected chi connectivity index (χ3v) is 6.22. The first-order valence-corrected chi connectivity index (χ1v) is 10.7. The average Bonchev–Trinajstić information content (AvgIpc) is 3.13. The number of carbonyl (C=O) groups excluding carboxylic acids is 1. The van der Waals surface area contributed by atoms with Crippen LogP contribution in [-0.2, 0) is 15.1 Å². The second-order valence-corrected chi connectivity index (χ2v) is 8.29. The molecule has 3 atom stereocenters. The molecule has 2 fully saturated rings. The lowest BCUT2D eigenvalue weighted by Crippen LogP contribution is -2.53. The zero-order valence-electron chi connectivity index (χ0n) is 20.8. The van der Waals surface area contributed by atoms with Crippen molar-refractivity contribution >= 4 is 5.91 Å². The number of benzene rings is 2. The lowest BCUT2D eigenvalue weighted by Gasteiger charge is -2.42. The highest BCUT2D eigenvalue weighted by Gasteiger charge is 2.51. The standard InChI is InChI=1S/C24H24F5NO5/c1-14(24(28,29)22(26)27)35-18-7-6-15(10-19(18)32-2)21(31)30-9-8-23(20(12-30)33-13-34-23)16-4-3-5-17(25)11-16/h3-7,10-11,14,20,22H,8-9,12-13H2,1-2H3/t14?,20?,23-/m1/s1/i13D2. The van der Waals surface area contributed by atoms with Crippen LogP contribution in [0.5, 0.6) is 11.5 Å². The van der Waals surface area contributed by atoms with Gasteiger partial charge in [-0.25, -0.2) is 13.2 Å². The summed E-state index contributed by atoms with van der Waals surface area (Å²) in [4.78, 5) is 14.6. The number of likely N-dealkylation sites (tertiary alicyclic amines) is 1. The monoisotopic (exact) mass is 503 g/mol. The van der Waals surface area contributed by atoms with Gasteiger partial charge in [-0.15, -0.1) is 0 Å². The highest BCUT2D eigenvalue weighted by atomic mass is 19.3. The van der Waals surface area contributed by atoms with Crippen molar-refractivity contribution in [3.63, 3.8) is 0 Å². The maximum absolute atomic E-state index is 13.9. The molecule has 190 valence electrons. The Bertz CT molecular complexity index is 1170. The number of alkyl halides is 4. The Kier molecular flexibility index (Phi) is 6.19. The molecule has 0 saturated carbocycles. The lowest BCUT2D eigenvalue weighted by molar-refractivity contribution is -0.178. The van der Waals surface area contributed by atoms with Gasteiger partial charge in [0, 0.05) is 18.5 Å². The molecule has 1 amide bonds. The molecule has 2 aromatic rings. The molecule has 2 aliphatic rings. The molecule has 0 spiro atoms. The van der Waals surface area contributed by atoms with E-state index in [0.29, 0.717) is 5.56 Å². The van der Waals surface area contributed by atoms with Gasteiger partial charge in [-0.2, -0.15) is 8.78 Å². The number of piperidine rings is 1. The normalized spacial score (nSPS) is 25.5. The van der Waals surface area contributed by atoms with E-state index >= 15 is 0 Å². The van der Waals surface area contributed by atoms with E-state index in [-0.39, 0.29) is 36.6 Å². The van der Waals surface area contributed by atoms with Gasteiger partial charge in [-0.05, 0) is 42.8 Å². The van der Waals surface area contributed by atoms with Gasteiger partial charge in [-0.1, -0.05) is 12.1 Å². The Morgan fingerprint density at radius 3 is 2.71 bits per heavy atom. The minimum absolute atomic E-state index is 0.0812. The van der Waals surface area contributed by atoms with Crippen LogP contribution in [0.2, 0.25) is 0 Å². The highest BCUT2D eigenvalue weighted by molar-refractivity contribution is 5.95. The fourth-order valence-electron chi connectivity index (χ4n) is 4.16. The molecular formula is C24H24F5NO5. The summed E-state index contributed by atoms with van der Waals surface area (Å²) in [6, 6.07) is 9.21. The van der Waals surface area contributed by atoms with Crippen LogP contribution in [0.25, 0.3) is 0 Å². The van der Waals surface area contributed by atoms with E-state index < -0.39 is 48.6 Å². The van der Waals surface area contributed by atoms with E-state index in [2.05, 4.69) is 0 Å². The Labute approximate surface area is 201 Å². The van der Waals surface area contributed by atoms with Gasteiger partial charge >= 0.3 is 12.3 Å². The molecule has 0 bridgehead atoms. The molecule has 2 aromatic carbocycles. The van der Waals surface area contributed by atoms with Crippen molar-refractivity contribution < 1.29 is 48.4 Å². The number of nitrogens with zero attached hydrogens (tertiary/aromatic N) is 1. The summed E-state index contributed by atoms with van der Waals surface area (Å²) in [5.41, 5.74) is -0.856. The highest BCUT2D eigenvalue weighted by Crippen LogP contribution is 2.43. The lowest BCUT2D eigenvalue weighted by atomic mass is 9.82. The molecule has 35 heavy (non-hydrogen) atoms. The van der Waals surface area contributed by atoms with Gasteiger partial charge in [-0.3, -0.25) is 4.79 Å². The molecule has 2 unspecified atom stereocenters. The number of halogens is 5. The maximum atomic E-state index is 13.9. The van der Waals surface area contributed by atoms with Crippen LogP contribution in [0.3, 0.4) is 0 Å². The first-order valence-electron chi connectivity index (χ1n) is 11.7. The first-order chi connectivity index (χ1) is 17.3. The molecule has 11 heteroatoms. The summed E-state index contributed by atoms with van der Waals surface area (Å²) in [5, 5.41) is 0. The predicted molar refractivity (Wildman–Crippen MR) is 113 cm³/mol. The summed E-state index contributed by atoms with van der Waals surface area (Å²) in [6.07, 6.45) is -6.95. The number of methoxy groups -OCH3 is 1. The second kappa shape index (κ2) is 9.62. The Morgan fingerprint density at radius 1 is 1.26 bits per heavy atom. The fourth-order valence-corrected chi connectivity index (χ4v) is 4.16. The summed E-state index contributed by atoms with van der Waals surface area (Å²) in [7, 11) is 1.20. The average molecular weight is 503 g/mol. The number of carbonyl (C=O) groups is 1. The fraction of sp³-hybridized carbons (Fsp3) is 0.458. The van der Waals surface area contributed by atoms with E-state index in [1.54, 1.807) is 6.07 Å². The topological polar surface area (TPSA) is 57.2 Å². The molecule has 2 saturated heterocycles. The minimum Gasteiger partial charge on any atom is -0.493 e. The Hall–Kier alpha value is -2.92. The van der Waals surface area contributed by atoms with Gasteiger partial charge < -0.3 is 23.8 Å². The summed E-state index contributed by atoms with van der Waals surface area (Å²) in [6.45, 7) is -1.66. The van der Waals surface area contributed by atoms with Crippen molar-refractivity contribution in [1.29, 1.82) is 0 Å². The quantitative estimate of drug-likeness (QED) is 0.517. The van der Waals surface area contributed by atoms with Gasteiger partial charge in [0.1, 0.15) is 24.3 Å². The van der Waals surface area contributed by atoms with Crippen molar-refractivity contribution in [2.24, 2.45) is 0 Å². The van der Waals surface area contributed by atoms with Crippen molar-refractivity contribution in [1.82, 2.24) is 4.90 Å². The number of amides is 1. The number of fused-ring (bicyclic) bond motifs is 1. The molecule has 0 N–H and O–H groups in total. The molecule has 0 aromatic heterocycles. The molecular weight excluding hydrogens is 477 g/mol. The van der Waals surface area contributed by atoms with Gasteiger partial charge in [0.15, 0.2) is 17.6 Å². The third-order valence-electron chi connectivity index (χ3n) is 6.22. The smallest absolute Gasteiger partial charge is 0.342 e.